The summed E-state index contributed by atoms with van der Waals surface area (Å²) in [5.74, 6) is 0.990. The Labute approximate surface area is 138 Å². The highest BCUT2D eigenvalue weighted by atomic mass is 32.1. The van der Waals surface area contributed by atoms with E-state index in [2.05, 4.69) is 17.5 Å². The Balaban J connectivity index is 1.60. The number of hydrogen-bond donors (Lipinski definition) is 0. The van der Waals surface area contributed by atoms with Gasteiger partial charge in [-0.15, -0.1) is 11.3 Å². The minimum Gasteiger partial charge on any atom is -0.493 e. The summed E-state index contributed by atoms with van der Waals surface area (Å²) in [5, 5.41) is 3.06. The van der Waals surface area contributed by atoms with E-state index in [0.717, 1.165) is 46.9 Å². The maximum absolute atomic E-state index is 11.1. The predicted molar refractivity (Wildman–Crippen MR) is 90.4 cm³/mol. The molecule has 23 heavy (non-hydrogen) atoms. The predicted octanol–water partition coefficient (Wildman–Crippen LogP) is 3.72. The molecule has 0 bridgehead atoms. The van der Waals surface area contributed by atoms with E-state index >= 15 is 0 Å². The molecular weight excluding hydrogens is 308 g/mol. The normalized spacial score (nSPS) is 12.9. The molecule has 3 heterocycles. The van der Waals surface area contributed by atoms with Gasteiger partial charge in [0.1, 0.15) is 10.8 Å². The third kappa shape index (κ3) is 2.68. The number of thiazole rings is 1. The van der Waals surface area contributed by atoms with Crippen LogP contribution in [0.1, 0.15) is 27.3 Å². The summed E-state index contributed by atoms with van der Waals surface area (Å²) in [6.45, 7) is 3.37. The molecule has 0 aliphatic carbocycles. The van der Waals surface area contributed by atoms with Crippen LogP contribution in [0.2, 0.25) is 0 Å². The Hall–Kier alpha value is -2.40. The second-order valence-electron chi connectivity index (χ2n) is 5.75. The zero-order valence-corrected chi connectivity index (χ0v) is 13.6. The SMILES string of the molecule is Cc1cc(C=O)n(Cc2csc(-c3ccc4c(c3)CCO4)n2)c1. The Morgan fingerprint density at radius 2 is 2.30 bits per heavy atom. The monoisotopic (exact) mass is 324 g/mol. The molecule has 0 spiro atoms. The molecule has 5 heteroatoms. The van der Waals surface area contributed by atoms with E-state index in [9.17, 15) is 4.79 Å². The quantitative estimate of drug-likeness (QED) is 0.687. The third-order valence-corrected chi connectivity index (χ3v) is 4.95. The van der Waals surface area contributed by atoms with Crippen molar-refractivity contribution >= 4 is 17.6 Å². The molecule has 0 saturated heterocycles. The summed E-state index contributed by atoms with van der Waals surface area (Å²) >= 11 is 1.63. The second-order valence-corrected chi connectivity index (χ2v) is 6.61. The molecule has 2 aromatic heterocycles. The number of nitrogens with zero attached hydrogens (tertiary/aromatic N) is 2. The van der Waals surface area contributed by atoms with Crippen molar-refractivity contribution in [2.75, 3.05) is 6.61 Å². The molecule has 1 aromatic carbocycles. The van der Waals surface area contributed by atoms with Crippen LogP contribution in [-0.4, -0.2) is 22.4 Å². The summed E-state index contributed by atoms with van der Waals surface area (Å²) < 4.78 is 7.49. The lowest BCUT2D eigenvalue weighted by Crippen LogP contribution is -2.02. The first-order valence-corrected chi connectivity index (χ1v) is 8.43. The Morgan fingerprint density at radius 1 is 1.39 bits per heavy atom. The van der Waals surface area contributed by atoms with E-state index in [1.807, 2.05) is 29.8 Å². The van der Waals surface area contributed by atoms with Crippen molar-refractivity contribution < 1.29 is 9.53 Å². The number of aromatic nitrogens is 2. The molecule has 3 aromatic rings. The van der Waals surface area contributed by atoms with Crippen LogP contribution in [0.5, 0.6) is 5.75 Å². The van der Waals surface area contributed by atoms with Gasteiger partial charge in [0.05, 0.1) is 24.5 Å². The summed E-state index contributed by atoms with van der Waals surface area (Å²) in [6.07, 6.45) is 3.84. The molecular formula is C18H16N2O2S. The molecule has 0 radical (unpaired) electrons. The van der Waals surface area contributed by atoms with Crippen LogP contribution in [0.3, 0.4) is 0 Å². The van der Waals surface area contributed by atoms with Crippen LogP contribution in [0.4, 0.5) is 0 Å². The molecule has 0 N–H and O–H groups in total. The fraction of sp³-hybridized carbons (Fsp3) is 0.222. The van der Waals surface area contributed by atoms with Crippen LogP contribution in [0.25, 0.3) is 10.6 Å². The smallest absolute Gasteiger partial charge is 0.166 e. The minimum atomic E-state index is 0.618. The summed E-state index contributed by atoms with van der Waals surface area (Å²) in [6, 6.07) is 8.14. The Kier molecular flexibility index (Phi) is 3.50. The van der Waals surface area contributed by atoms with Gasteiger partial charge in [-0.2, -0.15) is 0 Å². The van der Waals surface area contributed by atoms with Crippen LogP contribution >= 0.6 is 11.3 Å². The van der Waals surface area contributed by atoms with Crippen molar-refractivity contribution in [3.05, 3.63) is 58.4 Å². The number of aryl methyl sites for hydroxylation is 1. The molecule has 0 saturated carbocycles. The van der Waals surface area contributed by atoms with Crippen LogP contribution in [0, 0.1) is 6.92 Å². The van der Waals surface area contributed by atoms with Gasteiger partial charge in [0, 0.05) is 23.6 Å². The van der Waals surface area contributed by atoms with Gasteiger partial charge in [-0.3, -0.25) is 4.79 Å². The molecule has 4 rings (SSSR count). The number of rotatable bonds is 4. The zero-order valence-electron chi connectivity index (χ0n) is 12.8. The molecule has 0 fully saturated rings. The van der Waals surface area contributed by atoms with Gasteiger partial charge in [-0.1, -0.05) is 0 Å². The number of ether oxygens (including phenoxy) is 1. The average Bonchev–Trinajstić information content (AvgIpc) is 3.26. The molecule has 0 amide bonds. The van der Waals surface area contributed by atoms with Gasteiger partial charge in [-0.05, 0) is 42.3 Å². The lowest BCUT2D eigenvalue weighted by atomic mass is 10.1. The summed E-state index contributed by atoms with van der Waals surface area (Å²) in [4.78, 5) is 15.8. The lowest BCUT2D eigenvalue weighted by Gasteiger charge is -2.03. The van der Waals surface area contributed by atoms with Crippen LogP contribution in [-0.2, 0) is 13.0 Å². The number of carbonyl (C=O) groups excluding carboxylic acids is 1. The largest absolute Gasteiger partial charge is 0.493 e. The first-order chi connectivity index (χ1) is 11.2. The number of hydrogen-bond acceptors (Lipinski definition) is 4. The van der Waals surface area contributed by atoms with E-state index in [0.29, 0.717) is 12.2 Å². The van der Waals surface area contributed by atoms with Crippen LogP contribution in [0.15, 0.2) is 35.8 Å². The van der Waals surface area contributed by atoms with E-state index in [-0.39, 0.29) is 0 Å². The lowest BCUT2D eigenvalue weighted by molar-refractivity contribution is 0.111. The Bertz CT molecular complexity index is 879. The number of aldehydes is 1. The van der Waals surface area contributed by atoms with Crippen molar-refractivity contribution in [2.45, 2.75) is 19.9 Å². The summed E-state index contributed by atoms with van der Waals surface area (Å²) in [5.41, 5.74) is 5.13. The number of benzene rings is 1. The van der Waals surface area contributed by atoms with Crippen LogP contribution < -0.4 is 4.74 Å². The van der Waals surface area contributed by atoms with Gasteiger partial charge in [0.2, 0.25) is 0 Å². The number of fused-ring (bicyclic) bond motifs is 1. The highest BCUT2D eigenvalue weighted by Gasteiger charge is 2.14. The maximum atomic E-state index is 11.1. The minimum absolute atomic E-state index is 0.618. The van der Waals surface area contributed by atoms with Crippen molar-refractivity contribution in [3.63, 3.8) is 0 Å². The molecule has 0 unspecified atom stereocenters. The van der Waals surface area contributed by atoms with Crippen molar-refractivity contribution in [1.82, 2.24) is 9.55 Å². The molecule has 4 nitrogen and oxygen atoms in total. The molecule has 1 aliphatic rings. The van der Waals surface area contributed by atoms with Gasteiger partial charge < -0.3 is 9.30 Å². The highest BCUT2D eigenvalue weighted by molar-refractivity contribution is 7.13. The van der Waals surface area contributed by atoms with Gasteiger partial charge >= 0.3 is 0 Å². The van der Waals surface area contributed by atoms with Crippen molar-refractivity contribution in [1.29, 1.82) is 0 Å². The molecule has 116 valence electrons. The zero-order chi connectivity index (χ0) is 15.8. The first-order valence-electron chi connectivity index (χ1n) is 7.55. The topological polar surface area (TPSA) is 44.1 Å². The average molecular weight is 324 g/mol. The second kappa shape index (κ2) is 5.66. The van der Waals surface area contributed by atoms with E-state index in [1.54, 1.807) is 11.3 Å². The van der Waals surface area contributed by atoms with E-state index in [1.165, 1.54) is 5.56 Å². The fourth-order valence-corrected chi connectivity index (χ4v) is 3.73. The fourth-order valence-electron chi connectivity index (χ4n) is 2.92. The van der Waals surface area contributed by atoms with Gasteiger partial charge in [-0.25, -0.2) is 4.98 Å². The highest BCUT2D eigenvalue weighted by Crippen LogP contribution is 2.32. The molecule has 0 atom stereocenters. The summed E-state index contributed by atoms with van der Waals surface area (Å²) in [7, 11) is 0. The van der Waals surface area contributed by atoms with Gasteiger partial charge in [0.15, 0.2) is 6.29 Å². The van der Waals surface area contributed by atoms with E-state index in [4.69, 9.17) is 9.72 Å². The molecule has 1 aliphatic heterocycles. The first kappa shape index (κ1) is 14.2. The van der Waals surface area contributed by atoms with E-state index < -0.39 is 0 Å². The Morgan fingerprint density at radius 3 is 3.17 bits per heavy atom. The van der Waals surface area contributed by atoms with Crippen molar-refractivity contribution in [3.8, 4) is 16.3 Å². The third-order valence-electron chi connectivity index (χ3n) is 4.01. The standard InChI is InChI=1S/C18H16N2O2S/c1-12-6-16(10-21)20(8-12)9-15-11-23-18(19-15)14-2-3-17-13(7-14)4-5-22-17/h2-3,6-8,10-11H,4-5,9H2,1H3. The number of carbonyl (C=O) groups is 1. The maximum Gasteiger partial charge on any atom is 0.166 e. The van der Waals surface area contributed by atoms with Crippen molar-refractivity contribution in [2.24, 2.45) is 0 Å². The van der Waals surface area contributed by atoms with Gasteiger partial charge in [0.25, 0.3) is 0 Å².